The topological polar surface area (TPSA) is 226 Å². The molecule has 2 aliphatic rings. The average molecular weight is 580 g/mol. The third-order valence-corrected chi connectivity index (χ3v) is 5.53. The Kier molecular flexibility index (Phi) is 12.2. The molecular formula is C23H32O17. The molecule has 0 bridgehead atoms. The van der Waals surface area contributed by atoms with Crippen LogP contribution in [0.15, 0.2) is 0 Å². The molecule has 10 atom stereocenters. The fraction of sp³-hybridized carbons (Fsp3) is 0.739. The summed E-state index contributed by atoms with van der Waals surface area (Å²) < 4.78 is 48.0. The van der Waals surface area contributed by atoms with E-state index in [1.54, 1.807) is 0 Å². The molecule has 0 radical (unpaired) electrons. The summed E-state index contributed by atoms with van der Waals surface area (Å²) >= 11 is 0. The van der Waals surface area contributed by atoms with Crippen LogP contribution in [0, 0.1) is 0 Å². The van der Waals surface area contributed by atoms with Gasteiger partial charge in [-0.3, -0.25) is 28.8 Å². The summed E-state index contributed by atoms with van der Waals surface area (Å²) in [5.74, 6) is -4.31. The third kappa shape index (κ3) is 8.82. The lowest BCUT2D eigenvalue weighted by atomic mass is 9.96. The van der Waals surface area contributed by atoms with Gasteiger partial charge in [-0.2, -0.15) is 0 Å². The van der Waals surface area contributed by atoms with Crippen LogP contribution in [0.25, 0.3) is 0 Å². The van der Waals surface area contributed by atoms with Gasteiger partial charge in [-0.15, -0.1) is 0 Å². The van der Waals surface area contributed by atoms with Crippen molar-refractivity contribution >= 4 is 36.3 Å². The predicted octanol–water partition coefficient (Wildman–Crippen LogP) is -2.36. The van der Waals surface area contributed by atoms with Crippen LogP contribution in [0.5, 0.6) is 0 Å². The summed E-state index contributed by atoms with van der Waals surface area (Å²) in [4.78, 5) is 70.4. The highest BCUT2D eigenvalue weighted by atomic mass is 16.8. The van der Waals surface area contributed by atoms with E-state index in [9.17, 15) is 39.0 Å². The molecule has 2 N–H and O–H groups in total. The number of ether oxygens (including phenoxy) is 9. The number of hydrogen-bond acceptors (Lipinski definition) is 17. The van der Waals surface area contributed by atoms with Crippen LogP contribution in [0.3, 0.4) is 0 Å². The van der Waals surface area contributed by atoms with Gasteiger partial charge in [0.25, 0.3) is 6.47 Å². The molecule has 0 aromatic rings. The van der Waals surface area contributed by atoms with Crippen molar-refractivity contribution in [3.8, 4) is 0 Å². The zero-order valence-corrected chi connectivity index (χ0v) is 22.3. The molecule has 0 aromatic heterocycles. The molecule has 0 aliphatic carbocycles. The number of carbonyl (C=O) groups excluding carboxylic acids is 6. The van der Waals surface area contributed by atoms with E-state index < -0.39 is 104 Å². The Hall–Kier alpha value is -3.38. The molecule has 2 rings (SSSR count). The second kappa shape index (κ2) is 14.8. The molecule has 0 aromatic carbocycles. The smallest absolute Gasteiger partial charge is 0.305 e. The minimum atomic E-state index is -1.79. The van der Waals surface area contributed by atoms with Crippen molar-refractivity contribution in [3.05, 3.63) is 0 Å². The fourth-order valence-corrected chi connectivity index (χ4v) is 4.12. The Morgan fingerprint density at radius 2 is 1.20 bits per heavy atom. The first kappa shape index (κ1) is 32.8. The molecule has 0 spiro atoms. The summed E-state index contributed by atoms with van der Waals surface area (Å²) in [5, 5.41) is 20.3. The van der Waals surface area contributed by atoms with Gasteiger partial charge < -0.3 is 52.8 Å². The number of aliphatic hydroxyl groups excluding tert-OH is 2. The predicted molar refractivity (Wildman–Crippen MR) is 121 cm³/mol. The van der Waals surface area contributed by atoms with Gasteiger partial charge in [0.05, 0.1) is 6.61 Å². The Labute approximate surface area is 227 Å². The van der Waals surface area contributed by atoms with Crippen molar-refractivity contribution < 1.29 is 81.6 Å². The maximum absolute atomic E-state index is 12.0. The number of aliphatic hydroxyl groups is 2. The molecule has 2 heterocycles. The van der Waals surface area contributed by atoms with E-state index in [1.165, 1.54) is 0 Å². The first-order chi connectivity index (χ1) is 18.8. The van der Waals surface area contributed by atoms with Crippen LogP contribution in [-0.4, -0.2) is 121 Å². The molecule has 17 nitrogen and oxygen atoms in total. The summed E-state index contributed by atoms with van der Waals surface area (Å²) in [6.45, 7) is 3.81. The second-order valence-electron chi connectivity index (χ2n) is 8.69. The Morgan fingerprint density at radius 1 is 0.675 bits per heavy atom. The van der Waals surface area contributed by atoms with Gasteiger partial charge in [0, 0.05) is 34.6 Å². The molecule has 17 heteroatoms. The third-order valence-electron chi connectivity index (χ3n) is 5.53. The second-order valence-corrected chi connectivity index (χ2v) is 8.69. The zero-order valence-electron chi connectivity index (χ0n) is 22.3. The van der Waals surface area contributed by atoms with E-state index >= 15 is 0 Å². The lowest BCUT2D eigenvalue weighted by Gasteiger charge is -2.47. The number of hydrogen-bond donors (Lipinski definition) is 2. The fourth-order valence-electron chi connectivity index (χ4n) is 4.12. The van der Waals surface area contributed by atoms with Gasteiger partial charge in [0.1, 0.15) is 24.9 Å². The first-order valence-electron chi connectivity index (χ1n) is 12.0. The van der Waals surface area contributed by atoms with E-state index in [0.29, 0.717) is 0 Å². The molecule has 226 valence electrons. The van der Waals surface area contributed by atoms with E-state index in [0.717, 1.165) is 34.6 Å². The largest absolute Gasteiger partial charge is 0.463 e. The zero-order chi connectivity index (χ0) is 30.1. The Balaban J connectivity index is 2.57. The highest BCUT2D eigenvalue weighted by Gasteiger charge is 2.56. The molecule has 2 aliphatic heterocycles. The molecular weight excluding hydrogens is 548 g/mol. The van der Waals surface area contributed by atoms with E-state index in [2.05, 4.69) is 0 Å². The summed E-state index contributed by atoms with van der Waals surface area (Å²) in [7, 11) is 0. The van der Waals surface area contributed by atoms with Gasteiger partial charge in [-0.25, -0.2) is 0 Å². The maximum Gasteiger partial charge on any atom is 0.305 e. The first-order valence-corrected chi connectivity index (χ1v) is 12.0. The Morgan fingerprint density at radius 3 is 1.70 bits per heavy atom. The summed E-state index contributed by atoms with van der Waals surface area (Å²) in [5.41, 5.74) is 0. The Bertz CT molecular complexity index is 936. The van der Waals surface area contributed by atoms with Crippen LogP contribution in [-0.2, 0) is 71.4 Å². The highest BCUT2D eigenvalue weighted by molar-refractivity contribution is 5.68. The number of carbonyl (C=O) groups is 6. The van der Waals surface area contributed by atoms with Gasteiger partial charge in [-0.05, 0) is 0 Å². The number of rotatable bonds is 11. The molecule has 0 saturated carbocycles. The molecule has 0 amide bonds. The summed E-state index contributed by atoms with van der Waals surface area (Å²) in [6.07, 6.45) is -16.1. The van der Waals surface area contributed by atoms with Crippen LogP contribution >= 0.6 is 0 Å². The highest BCUT2D eigenvalue weighted by Crippen LogP contribution is 2.34. The van der Waals surface area contributed by atoms with Gasteiger partial charge in [-0.1, -0.05) is 0 Å². The minimum Gasteiger partial charge on any atom is -0.463 e. The molecule has 2 saturated heterocycles. The standard InChI is InChI=1S/C23H32O17/c1-9(26)32-7-15-17(34-10(2)27)19(33-8-25)21(36-12(4)29)23(39-15)40-20-18(35-11(3)28)16(31)14(6-24)38-22(20)37-13(5)30/h8,14-24,31H,6-7H2,1-5H3/t14-,15+,16+,17+,18-,19-,20-,21-,22-,23+/m0/s1. The quantitative estimate of drug-likeness (QED) is 0.148. The van der Waals surface area contributed by atoms with Crippen LogP contribution in [0.1, 0.15) is 34.6 Å². The van der Waals surface area contributed by atoms with Gasteiger partial charge >= 0.3 is 29.8 Å². The van der Waals surface area contributed by atoms with Gasteiger partial charge in [0.2, 0.25) is 6.29 Å². The monoisotopic (exact) mass is 580 g/mol. The summed E-state index contributed by atoms with van der Waals surface area (Å²) in [6, 6.07) is 0. The maximum atomic E-state index is 12.0. The number of esters is 5. The van der Waals surface area contributed by atoms with Crippen molar-refractivity contribution in [3.63, 3.8) is 0 Å². The van der Waals surface area contributed by atoms with E-state index in [-0.39, 0.29) is 6.47 Å². The minimum absolute atomic E-state index is 0.0222. The SMILES string of the molecule is CC(=O)OC[C@H]1O[C@H](O[C@@H]2[C@@H](OC(C)=O)O[C@@H](CO)[C@@H](O)[C@@H]2OC(C)=O)[C@@H](OC(C)=O)[C@@H](OC=O)[C@@H]1OC(C)=O. The van der Waals surface area contributed by atoms with Crippen LogP contribution in [0.2, 0.25) is 0 Å². The molecule has 0 unspecified atom stereocenters. The van der Waals surface area contributed by atoms with Crippen molar-refractivity contribution in [2.45, 2.75) is 96.0 Å². The molecule has 40 heavy (non-hydrogen) atoms. The van der Waals surface area contributed by atoms with Crippen LogP contribution < -0.4 is 0 Å². The van der Waals surface area contributed by atoms with Crippen LogP contribution in [0.4, 0.5) is 0 Å². The molecule has 2 fully saturated rings. The average Bonchev–Trinajstić information content (AvgIpc) is 2.84. The lowest BCUT2D eigenvalue weighted by molar-refractivity contribution is -0.363. The van der Waals surface area contributed by atoms with Crippen molar-refractivity contribution in [1.82, 2.24) is 0 Å². The van der Waals surface area contributed by atoms with Crippen molar-refractivity contribution in [2.24, 2.45) is 0 Å². The van der Waals surface area contributed by atoms with E-state index in [4.69, 9.17) is 42.6 Å². The normalized spacial score (nSPS) is 33.6. The van der Waals surface area contributed by atoms with Crippen molar-refractivity contribution in [1.29, 1.82) is 0 Å². The van der Waals surface area contributed by atoms with Gasteiger partial charge in [0.15, 0.2) is 36.8 Å². The van der Waals surface area contributed by atoms with E-state index in [1.807, 2.05) is 0 Å². The van der Waals surface area contributed by atoms with Crippen molar-refractivity contribution in [2.75, 3.05) is 13.2 Å². The lowest BCUT2D eigenvalue weighted by Crippen LogP contribution is -2.66.